The molecule has 0 radical (unpaired) electrons. The summed E-state index contributed by atoms with van der Waals surface area (Å²) in [5.41, 5.74) is 3.16. The van der Waals surface area contributed by atoms with Crippen molar-refractivity contribution in [2.75, 3.05) is 18.9 Å². The van der Waals surface area contributed by atoms with Gasteiger partial charge < -0.3 is 10.2 Å². The number of rotatable bonds is 5. The van der Waals surface area contributed by atoms with Gasteiger partial charge in [-0.3, -0.25) is 4.98 Å². The molecular formula is C22H21N5. The van der Waals surface area contributed by atoms with Crippen molar-refractivity contribution < 1.29 is 0 Å². The summed E-state index contributed by atoms with van der Waals surface area (Å²) in [6.45, 7) is 0.560. The molecule has 1 aliphatic rings. The number of benzene rings is 2. The van der Waals surface area contributed by atoms with Crippen molar-refractivity contribution in [2.45, 2.75) is 6.17 Å². The van der Waals surface area contributed by atoms with Gasteiger partial charge >= 0.3 is 0 Å². The Morgan fingerprint density at radius 1 is 0.926 bits per heavy atom. The van der Waals surface area contributed by atoms with E-state index in [1.807, 2.05) is 73.9 Å². The third-order valence-electron chi connectivity index (χ3n) is 4.45. The molecule has 27 heavy (non-hydrogen) atoms. The molecule has 3 aromatic rings. The van der Waals surface area contributed by atoms with Gasteiger partial charge in [0.2, 0.25) is 0 Å². The van der Waals surface area contributed by atoms with Crippen LogP contribution in [0.15, 0.2) is 95.2 Å². The highest BCUT2D eigenvalue weighted by Gasteiger charge is 2.25. The first-order valence-corrected chi connectivity index (χ1v) is 8.94. The number of anilines is 1. The predicted octanol–water partition coefficient (Wildman–Crippen LogP) is 3.98. The number of para-hydroxylation sites is 1. The molecule has 0 aliphatic carbocycles. The molecule has 4 rings (SSSR count). The molecule has 2 heterocycles. The van der Waals surface area contributed by atoms with E-state index in [4.69, 9.17) is 9.98 Å². The highest BCUT2D eigenvalue weighted by molar-refractivity contribution is 6.08. The second-order valence-corrected chi connectivity index (χ2v) is 6.34. The van der Waals surface area contributed by atoms with E-state index in [2.05, 4.69) is 27.3 Å². The Morgan fingerprint density at radius 2 is 1.67 bits per heavy atom. The third-order valence-corrected chi connectivity index (χ3v) is 4.45. The minimum Gasteiger partial charge on any atom is -0.378 e. The first-order chi connectivity index (χ1) is 13.3. The van der Waals surface area contributed by atoms with Crippen LogP contribution in [0.5, 0.6) is 0 Å². The topological polar surface area (TPSA) is 52.9 Å². The molecular weight excluding hydrogens is 334 g/mol. The normalized spacial score (nSPS) is 16.5. The van der Waals surface area contributed by atoms with Crippen LogP contribution in [0.25, 0.3) is 0 Å². The van der Waals surface area contributed by atoms with Gasteiger partial charge in [0.25, 0.3) is 0 Å². The van der Waals surface area contributed by atoms with Crippen LogP contribution in [0.1, 0.15) is 17.3 Å². The van der Waals surface area contributed by atoms with Crippen molar-refractivity contribution in [3.8, 4) is 0 Å². The second kappa shape index (κ2) is 7.83. The monoisotopic (exact) mass is 355 g/mol. The van der Waals surface area contributed by atoms with Gasteiger partial charge in [0.15, 0.2) is 6.17 Å². The van der Waals surface area contributed by atoms with Gasteiger partial charge in [-0.15, -0.1) is 0 Å². The lowest BCUT2D eigenvalue weighted by Gasteiger charge is -2.32. The van der Waals surface area contributed by atoms with E-state index < -0.39 is 0 Å². The molecule has 1 atom stereocenters. The zero-order valence-electron chi connectivity index (χ0n) is 15.2. The highest BCUT2D eigenvalue weighted by atomic mass is 15.3. The van der Waals surface area contributed by atoms with Crippen LogP contribution in [-0.4, -0.2) is 35.1 Å². The van der Waals surface area contributed by atoms with E-state index in [-0.39, 0.29) is 6.17 Å². The van der Waals surface area contributed by atoms with Crippen molar-refractivity contribution in [3.63, 3.8) is 0 Å². The lowest BCUT2D eigenvalue weighted by Crippen LogP contribution is -2.36. The Hall–Kier alpha value is -3.47. The van der Waals surface area contributed by atoms with E-state index in [0.717, 1.165) is 28.5 Å². The fourth-order valence-corrected chi connectivity index (χ4v) is 3.08. The predicted molar refractivity (Wildman–Crippen MR) is 110 cm³/mol. The van der Waals surface area contributed by atoms with Crippen molar-refractivity contribution in [2.24, 2.45) is 9.98 Å². The Balaban J connectivity index is 1.66. The zero-order chi connectivity index (χ0) is 18.5. The SMILES string of the molecule is CN1C(c2ccccc2)=NC(CNc2ccccc2)=NC1c1cccnc1. The summed E-state index contributed by atoms with van der Waals surface area (Å²) in [5, 5.41) is 3.40. The standard InChI is InChI=1S/C22H21N5/c1-27-21(17-9-4-2-5-10-17)25-20(16-24-19-12-6-3-7-13-19)26-22(27)18-11-8-14-23-15-18/h2-15,22,24H,16H2,1H3. The molecule has 1 aliphatic heterocycles. The molecule has 0 amide bonds. The second-order valence-electron chi connectivity index (χ2n) is 6.34. The lowest BCUT2D eigenvalue weighted by molar-refractivity contribution is 0.381. The van der Waals surface area contributed by atoms with Gasteiger partial charge in [-0.1, -0.05) is 54.6 Å². The maximum atomic E-state index is 4.88. The van der Waals surface area contributed by atoms with Crippen LogP contribution >= 0.6 is 0 Å². The first-order valence-electron chi connectivity index (χ1n) is 8.94. The number of aromatic nitrogens is 1. The maximum Gasteiger partial charge on any atom is 0.151 e. The van der Waals surface area contributed by atoms with Crippen LogP contribution in [0.4, 0.5) is 5.69 Å². The highest BCUT2D eigenvalue weighted by Crippen LogP contribution is 2.26. The maximum absolute atomic E-state index is 4.88. The number of aliphatic imine (C=N–C) groups is 2. The Morgan fingerprint density at radius 3 is 2.37 bits per heavy atom. The molecule has 5 heteroatoms. The summed E-state index contributed by atoms with van der Waals surface area (Å²) < 4.78 is 0. The molecule has 0 saturated heterocycles. The largest absolute Gasteiger partial charge is 0.378 e. The molecule has 1 N–H and O–H groups in total. The Bertz CT molecular complexity index is 936. The third kappa shape index (κ3) is 3.87. The first kappa shape index (κ1) is 17.0. The molecule has 1 aromatic heterocycles. The summed E-state index contributed by atoms with van der Waals surface area (Å²) in [6, 6.07) is 24.3. The molecule has 1 unspecified atom stereocenters. The van der Waals surface area contributed by atoms with Gasteiger partial charge in [0.1, 0.15) is 11.7 Å². The number of hydrogen-bond donors (Lipinski definition) is 1. The average molecular weight is 355 g/mol. The molecule has 2 aromatic carbocycles. The number of amidine groups is 2. The van der Waals surface area contributed by atoms with E-state index in [0.29, 0.717) is 6.54 Å². The van der Waals surface area contributed by atoms with Gasteiger partial charge in [0.05, 0.1) is 6.54 Å². The lowest BCUT2D eigenvalue weighted by atomic mass is 10.1. The Kier molecular flexibility index (Phi) is 4.92. The average Bonchev–Trinajstić information content (AvgIpc) is 2.75. The number of nitrogens with zero attached hydrogens (tertiary/aromatic N) is 4. The summed E-state index contributed by atoms with van der Waals surface area (Å²) in [5.74, 6) is 1.67. The van der Waals surface area contributed by atoms with Gasteiger partial charge in [-0.2, -0.15) is 0 Å². The quantitative estimate of drug-likeness (QED) is 0.753. The molecule has 0 saturated carbocycles. The number of hydrogen-bond acceptors (Lipinski definition) is 5. The number of nitrogens with one attached hydrogen (secondary N) is 1. The Labute approximate surface area is 159 Å². The molecule has 0 spiro atoms. The summed E-state index contributed by atoms with van der Waals surface area (Å²) in [4.78, 5) is 16.1. The fraction of sp³-hybridized carbons (Fsp3) is 0.136. The summed E-state index contributed by atoms with van der Waals surface area (Å²) >= 11 is 0. The van der Waals surface area contributed by atoms with Gasteiger partial charge in [-0.25, -0.2) is 9.98 Å². The van der Waals surface area contributed by atoms with Crippen LogP contribution < -0.4 is 5.32 Å². The number of pyridine rings is 1. The summed E-state index contributed by atoms with van der Waals surface area (Å²) in [7, 11) is 2.02. The van der Waals surface area contributed by atoms with E-state index in [1.165, 1.54) is 0 Å². The minimum atomic E-state index is -0.154. The van der Waals surface area contributed by atoms with Crippen molar-refractivity contribution in [1.82, 2.24) is 9.88 Å². The minimum absolute atomic E-state index is 0.154. The van der Waals surface area contributed by atoms with Crippen LogP contribution in [0.3, 0.4) is 0 Å². The smallest absolute Gasteiger partial charge is 0.151 e. The van der Waals surface area contributed by atoms with Crippen molar-refractivity contribution in [3.05, 3.63) is 96.3 Å². The van der Waals surface area contributed by atoms with Crippen LogP contribution in [-0.2, 0) is 0 Å². The van der Waals surface area contributed by atoms with E-state index in [9.17, 15) is 0 Å². The van der Waals surface area contributed by atoms with Crippen LogP contribution in [0.2, 0.25) is 0 Å². The molecule has 0 bridgehead atoms. The van der Waals surface area contributed by atoms with Gasteiger partial charge in [-0.05, 0) is 18.2 Å². The molecule has 134 valence electrons. The van der Waals surface area contributed by atoms with Crippen molar-refractivity contribution >= 4 is 17.4 Å². The van der Waals surface area contributed by atoms with E-state index in [1.54, 1.807) is 6.20 Å². The van der Waals surface area contributed by atoms with Gasteiger partial charge in [0, 0.05) is 36.3 Å². The van der Waals surface area contributed by atoms with E-state index >= 15 is 0 Å². The molecule has 0 fully saturated rings. The summed E-state index contributed by atoms with van der Waals surface area (Å²) in [6.07, 6.45) is 3.49. The molecule has 5 nitrogen and oxygen atoms in total. The fourth-order valence-electron chi connectivity index (χ4n) is 3.08. The zero-order valence-corrected chi connectivity index (χ0v) is 15.2. The van der Waals surface area contributed by atoms with Crippen LogP contribution in [0, 0.1) is 0 Å². The van der Waals surface area contributed by atoms with Crippen molar-refractivity contribution in [1.29, 1.82) is 0 Å².